The summed E-state index contributed by atoms with van der Waals surface area (Å²) in [6, 6.07) is 0. The van der Waals surface area contributed by atoms with E-state index >= 15 is 0 Å². The summed E-state index contributed by atoms with van der Waals surface area (Å²) in [6.45, 7) is 6.57. The summed E-state index contributed by atoms with van der Waals surface area (Å²) in [5.74, 6) is 0.983. The molecule has 1 fully saturated rings. The van der Waals surface area contributed by atoms with Crippen LogP contribution in [0.1, 0.15) is 64.4 Å². The quantitative estimate of drug-likeness (QED) is 0.766. The molecule has 0 saturated heterocycles. The van der Waals surface area contributed by atoms with Crippen LogP contribution in [0.25, 0.3) is 0 Å². The van der Waals surface area contributed by atoms with Gasteiger partial charge in [0, 0.05) is 17.3 Å². The maximum absolute atomic E-state index is 6.44. The third-order valence-corrected chi connectivity index (χ3v) is 3.60. The molecule has 90 valence electrons. The Morgan fingerprint density at radius 2 is 1.88 bits per heavy atom. The Kier molecular flexibility index (Phi) is 2.82. The van der Waals surface area contributed by atoms with Crippen molar-refractivity contribution in [3.8, 4) is 0 Å². The molecule has 0 spiro atoms. The molecule has 0 atom stereocenters. The third kappa shape index (κ3) is 2.14. The normalized spacial score (nSPS) is 21.0. The maximum atomic E-state index is 6.44. The fourth-order valence-electron chi connectivity index (χ4n) is 2.37. The van der Waals surface area contributed by atoms with Gasteiger partial charge in [0.2, 0.25) is 0 Å². The van der Waals surface area contributed by atoms with Crippen molar-refractivity contribution >= 4 is 0 Å². The van der Waals surface area contributed by atoms with Crippen LogP contribution >= 0.6 is 0 Å². The van der Waals surface area contributed by atoms with Crippen molar-refractivity contribution in [3.05, 3.63) is 17.7 Å². The molecule has 1 aromatic rings. The van der Waals surface area contributed by atoms with Crippen LogP contribution in [0.3, 0.4) is 0 Å². The number of hydrogen-bond donors (Lipinski definition) is 2. The van der Waals surface area contributed by atoms with Crippen LogP contribution in [-0.4, -0.2) is 9.97 Å². The van der Waals surface area contributed by atoms with E-state index in [1.54, 1.807) is 0 Å². The Labute approximate surface area is 97.8 Å². The molecule has 0 radical (unpaired) electrons. The first-order valence-corrected chi connectivity index (χ1v) is 6.27. The minimum Gasteiger partial charge on any atom is -0.344 e. The van der Waals surface area contributed by atoms with Crippen LogP contribution in [0.2, 0.25) is 0 Å². The van der Waals surface area contributed by atoms with Crippen molar-refractivity contribution in [1.29, 1.82) is 0 Å². The van der Waals surface area contributed by atoms with Gasteiger partial charge in [-0.05, 0) is 12.8 Å². The third-order valence-electron chi connectivity index (χ3n) is 3.60. The predicted octanol–water partition coefficient (Wildman–Crippen LogP) is 2.83. The van der Waals surface area contributed by atoms with Crippen LogP contribution in [0, 0.1) is 0 Å². The highest BCUT2D eigenvalue weighted by Crippen LogP contribution is 2.34. The van der Waals surface area contributed by atoms with Crippen molar-refractivity contribution in [2.24, 2.45) is 5.73 Å². The summed E-state index contributed by atoms with van der Waals surface area (Å²) < 4.78 is 0. The molecular formula is C13H23N3. The first kappa shape index (κ1) is 11.6. The molecule has 2 rings (SSSR count). The minimum absolute atomic E-state index is 0.121. The van der Waals surface area contributed by atoms with E-state index in [-0.39, 0.29) is 11.0 Å². The van der Waals surface area contributed by atoms with Gasteiger partial charge in [-0.25, -0.2) is 4.98 Å². The number of nitrogens with one attached hydrogen (secondary N) is 1. The monoisotopic (exact) mass is 221 g/mol. The molecule has 0 amide bonds. The first-order valence-electron chi connectivity index (χ1n) is 6.27. The van der Waals surface area contributed by atoms with Crippen LogP contribution < -0.4 is 5.73 Å². The van der Waals surface area contributed by atoms with E-state index in [4.69, 9.17) is 5.73 Å². The van der Waals surface area contributed by atoms with Gasteiger partial charge in [-0.15, -0.1) is 0 Å². The zero-order valence-corrected chi connectivity index (χ0v) is 10.6. The van der Waals surface area contributed by atoms with Crippen LogP contribution in [0.5, 0.6) is 0 Å². The fraction of sp³-hybridized carbons (Fsp3) is 0.769. The second-order valence-corrected chi connectivity index (χ2v) is 6.11. The van der Waals surface area contributed by atoms with Crippen molar-refractivity contribution in [2.45, 2.75) is 63.8 Å². The number of nitrogens with two attached hydrogens (primary N) is 1. The van der Waals surface area contributed by atoms with Crippen molar-refractivity contribution in [3.63, 3.8) is 0 Å². The second-order valence-electron chi connectivity index (χ2n) is 6.11. The summed E-state index contributed by atoms with van der Waals surface area (Å²) in [7, 11) is 0. The average molecular weight is 221 g/mol. The number of hydrogen-bond acceptors (Lipinski definition) is 2. The summed E-state index contributed by atoms with van der Waals surface area (Å²) in [5, 5.41) is 0. The van der Waals surface area contributed by atoms with Crippen molar-refractivity contribution in [1.82, 2.24) is 9.97 Å². The zero-order valence-electron chi connectivity index (χ0n) is 10.6. The van der Waals surface area contributed by atoms with E-state index in [0.717, 1.165) is 18.7 Å². The first-order chi connectivity index (χ1) is 7.42. The van der Waals surface area contributed by atoms with Gasteiger partial charge < -0.3 is 10.7 Å². The Morgan fingerprint density at radius 3 is 2.38 bits per heavy atom. The Hall–Kier alpha value is -0.830. The molecule has 1 aromatic heterocycles. The van der Waals surface area contributed by atoms with E-state index < -0.39 is 0 Å². The average Bonchev–Trinajstić information content (AvgIpc) is 2.67. The number of imidazole rings is 1. The lowest BCUT2D eigenvalue weighted by molar-refractivity contribution is 0.288. The molecule has 1 aliphatic rings. The van der Waals surface area contributed by atoms with E-state index in [9.17, 15) is 0 Å². The number of aromatic nitrogens is 2. The summed E-state index contributed by atoms with van der Waals surface area (Å²) in [5.41, 5.74) is 7.54. The van der Waals surface area contributed by atoms with Gasteiger partial charge in [0.1, 0.15) is 5.82 Å². The second kappa shape index (κ2) is 3.88. The number of nitrogens with zero attached hydrogens (tertiary/aromatic N) is 1. The van der Waals surface area contributed by atoms with Crippen molar-refractivity contribution < 1.29 is 0 Å². The standard InChI is InChI=1S/C13H23N3/c1-12(2,3)10-9-15-11(16-10)13(14)7-5-4-6-8-13/h9H,4-8,14H2,1-3H3,(H,15,16). The molecule has 0 aliphatic heterocycles. The molecule has 0 aromatic carbocycles. The molecule has 16 heavy (non-hydrogen) atoms. The maximum Gasteiger partial charge on any atom is 0.126 e. The van der Waals surface area contributed by atoms with E-state index in [1.807, 2.05) is 6.20 Å². The van der Waals surface area contributed by atoms with Crippen LogP contribution in [0.15, 0.2) is 6.20 Å². The number of H-pyrrole nitrogens is 1. The van der Waals surface area contributed by atoms with Gasteiger partial charge in [-0.3, -0.25) is 0 Å². The molecule has 1 saturated carbocycles. The molecule has 3 nitrogen and oxygen atoms in total. The largest absolute Gasteiger partial charge is 0.344 e. The molecule has 0 bridgehead atoms. The van der Waals surface area contributed by atoms with E-state index in [0.29, 0.717) is 0 Å². The highest BCUT2D eigenvalue weighted by Gasteiger charge is 2.33. The highest BCUT2D eigenvalue weighted by molar-refractivity contribution is 5.16. The van der Waals surface area contributed by atoms with Gasteiger partial charge in [0.15, 0.2) is 0 Å². The molecular weight excluding hydrogens is 198 g/mol. The predicted molar refractivity (Wildman–Crippen MR) is 66.2 cm³/mol. The van der Waals surface area contributed by atoms with Gasteiger partial charge in [0.25, 0.3) is 0 Å². The lowest BCUT2D eigenvalue weighted by Gasteiger charge is -2.31. The van der Waals surface area contributed by atoms with Gasteiger partial charge in [-0.1, -0.05) is 40.0 Å². The topological polar surface area (TPSA) is 54.7 Å². The Bertz CT molecular complexity index is 353. The number of aromatic amines is 1. The Balaban J connectivity index is 2.24. The smallest absolute Gasteiger partial charge is 0.126 e. The Morgan fingerprint density at radius 1 is 1.25 bits per heavy atom. The lowest BCUT2D eigenvalue weighted by atomic mass is 9.82. The van der Waals surface area contributed by atoms with Gasteiger partial charge in [-0.2, -0.15) is 0 Å². The lowest BCUT2D eigenvalue weighted by Crippen LogP contribution is -2.39. The SMILES string of the molecule is CC(C)(C)c1cnc(C2(N)CCCCC2)[nH]1. The van der Waals surface area contributed by atoms with Crippen LogP contribution in [-0.2, 0) is 11.0 Å². The van der Waals surface area contributed by atoms with E-state index in [2.05, 4.69) is 30.7 Å². The van der Waals surface area contributed by atoms with Gasteiger partial charge in [0.05, 0.1) is 5.54 Å². The van der Waals surface area contributed by atoms with Crippen molar-refractivity contribution in [2.75, 3.05) is 0 Å². The molecule has 1 heterocycles. The minimum atomic E-state index is -0.207. The molecule has 0 unspecified atom stereocenters. The summed E-state index contributed by atoms with van der Waals surface area (Å²) in [4.78, 5) is 7.92. The molecule has 3 N–H and O–H groups in total. The fourth-order valence-corrected chi connectivity index (χ4v) is 2.37. The van der Waals surface area contributed by atoms with E-state index in [1.165, 1.54) is 25.0 Å². The summed E-state index contributed by atoms with van der Waals surface area (Å²) >= 11 is 0. The zero-order chi connectivity index (χ0) is 11.8. The van der Waals surface area contributed by atoms with Gasteiger partial charge >= 0.3 is 0 Å². The molecule has 3 heteroatoms. The highest BCUT2D eigenvalue weighted by atomic mass is 15.0. The van der Waals surface area contributed by atoms with Crippen LogP contribution in [0.4, 0.5) is 0 Å². The molecule has 1 aliphatic carbocycles. The summed E-state index contributed by atoms with van der Waals surface area (Å²) in [6.07, 6.45) is 7.82. The number of rotatable bonds is 1.